The van der Waals surface area contributed by atoms with Crippen molar-refractivity contribution in [3.05, 3.63) is 42.7 Å². The molecule has 3 heterocycles. The Morgan fingerprint density at radius 3 is 2.59 bits per heavy atom. The molecule has 2 aromatic heterocycles. The predicted molar refractivity (Wildman–Crippen MR) is 120 cm³/mol. The Labute approximate surface area is 189 Å². The fraction of sp³-hybridized carbons (Fsp3) is 0.429. The molecule has 1 saturated heterocycles. The third kappa shape index (κ3) is 5.71. The monoisotopic (exact) mass is 461 g/mol. The van der Waals surface area contributed by atoms with Crippen molar-refractivity contribution < 1.29 is 13.6 Å². The van der Waals surface area contributed by atoms with Crippen molar-refractivity contribution in [1.82, 2.24) is 29.7 Å². The number of nitrogens with one attached hydrogen (secondary N) is 1. The normalized spacial score (nSPS) is 14.9. The van der Waals surface area contributed by atoms with E-state index in [1.165, 1.54) is 0 Å². The molecule has 11 heteroatoms. The lowest BCUT2D eigenvalue weighted by atomic mass is 10.3. The Kier molecular flexibility index (Phi) is 7.48. The number of carbonyl (C=O) groups excluding carboxylic acids is 1. The maximum absolute atomic E-state index is 12.9. The van der Waals surface area contributed by atoms with E-state index in [2.05, 4.69) is 30.1 Å². The number of alkyl halides is 2. The van der Waals surface area contributed by atoms with Gasteiger partial charge in [0, 0.05) is 45.1 Å². The van der Waals surface area contributed by atoms with Crippen molar-refractivity contribution in [1.29, 1.82) is 0 Å². The van der Waals surface area contributed by atoms with Gasteiger partial charge in [0.15, 0.2) is 5.16 Å². The first-order valence-corrected chi connectivity index (χ1v) is 11.4. The van der Waals surface area contributed by atoms with Crippen molar-refractivity contribution in [2.24, 2.45) is 0 Å². The number of fused-ring (bicyclic) bond motifs is 1. The van der Waals surface area contributed by atoms with Gasteiger partial charge in [-0.15, -0.1) is 0 Å². The molecular weight excluding hydrogens is 436 g/mol. The largest absolute Gasteiger partial charge is 0.355 e. The van der Waals surface area contributed by atoms with E-state index in [-0.39, 0.29) is 17.6 Å². The number of nitrogens with zero attached hydrogens (tertiary/aromatic N) is 6. The molecule has 32 heavy (non-hydrogen) atoms. The summed E-state index contributed by atoms with van der Waals surface area (Å²) in [4.78, 5) is 29.8. The van der Waals surface area contributed by atoms with Gasteiger partial charge in [0.05, 0.1) is 11.0 Å². The Balaban J connectivity index is 1.22. The molecule has 0 radical (unpaired) electrons. The molecule has 0 saturated carbocycles. The van der Waals surface area contributed by atoms with E-state index in [0.29, 0.717) is 29.3 Å². The van der Waals surface area contributed by atoms with E-state index in [1.54, 1.807) is 41.2 Å². The van der Waals surface area contributed by atoms with Gasteiger partial charge in [0.25, 0.3) is 5.76 Å². The lowest BCUT2D eigenvalue weighted by Crippen LogP contribution is -2.47. The van der Waals surface area contributed by atoms with Crippen LogP contribution in [0, 0.1) is 0 Å². The molecule has 0 unspecified atom stereocenters. The van der Waals surface area contributed by atoms with Crippen LogP contribution in [0.5, 0.6) is 0 Å². The Bertz CT molecular complexity index is 1030. The summed E-state index contributed by atoms with van der Waals surface area (Å²) in [5.41, 5.74) is 1.27. The van der Waals surface area contributed by atoms with Gasteiger partial charge in [-0.3, -0.25) is 9.69 Å². The van der Waals surface area contributed by atoms with Gasteiger partial charge in [-0.05, 0) is 42.9 Å². The van der Waals surface area contributed by atoms with Crippen LogP contribution >= 0.6 is 11.8 Å². The number of hydrogen-bond acceptors (Lipinski definition) is 7. The molecule has 1 N–H and O–H groups in total. The molecule has 4 rings (SSSR count). The summed E-state index contributed by atoms with van der Waals surface area (Å²) in [6.07, 6.45) is 4.31. The molecule has 1 aliphatic heterocycles. The zero-order valence-corrected chi connectivity index (χ0v) is 18.3. The summed E-state index contributed by atoms with van der Waals surface area (Å²) < 4.78 is 27.4. The second kappa shape index (κ2) is 10.7. The van der Waals surface area contributed by atoms with Crippen LogP contribution in [0.15, 0.2) is 47.9 Å². The van der Waals surface area contributed by atoms with Crippen LogP contribution in [0.2, 0.25) is 0 Å². The minimum atomic E-state index is -2.59. The first-order chi connectivity index (χ1) is 15.6. The SMILES string of the molecule is O=C(Cn1c(SC(F)F)nc2ccccc21)NCCCN1CCN(c2ncccn2)CC1. The highest BCUT2D eigenvalue weighted by Crippen LogP contribution is 2.28. The topological polar surface area (TPSA) is 79.2 Å². The van der Waals surface area contributed by atoms with Crippen molar-refractivity contribution in [3.63, 3.8) is 0 Å². The number of benzene rings is 1. The fourth-order valence-corrected chi connectivity index (χ4v) is 4.33. The summed E-state index contributed by atoms with van der Waals surface area (Å²) in [7, 11) is 0. The average molecular weight is 462 g/mol. The average Bonchev–Trinajstić information content (AvgIpc) is 3.14. The second-order valence-corrected chi connectivity index (χ2v) is 8.39. The molecule has 170 valence electrons. The van der Waals surface area contributed by atoms with Gasteiger partial charge in [-0.25, -0.2) is 15.0 Å². The summed E-state index contributed by atoms with van der Waals surface area (Å²) in [5, 5.41) is 3.05. The quantitative estimate of drug-likeness (QED) is 0.387. The molecule has 0 spiro atoms. The third-order valence-electron chi connectivity index (χ3n) is 5.30. The smallest absolute Gasteiger partial charge is 0.291 e. The van der Waals surface area contributed by atoms with Gasteiger partial charge in [0.1, 0.15) is 6.54 Å². The highest BCUT2D eigenvalue weighted by molar-refractivity contribution is 7.99. The number of thioether (sulfide) groups is 1. The predicted octanol–water partition coefficient (Wildman–Crippen LogP) is 2.47. The standard InChI is InChI=1S/C21H25F2N7OS/c22-19(23)32-21-27-16-5-1-2-6-17(16)30(21)15-18(31)24-9-4-10-28-11-13-29(14-12-28)20-25-7-3-8-26-20/h1-3,5-8,19H,4,9-15H2,(H,24,31). The first kappa shape index (κ1) is 22.4. The zero-order valence-electron chi connectivity index (χ0n) is 17.5. The number of rotatable bonds is 9. The van der Waals surface area contributed by atoms with Gasteiger partial charge in [0.2, 0.25) is 11.9 Å². The molecule has 1 fully saturated rings. The van der Waals surface area contributed by atoms with Crippen molar-refractivity contribution in [2.75, 3.05) is 44.2 Å². The van der Waals surface area contributed by atoms with E-state index in [0.717, 1.165) is 45.1 Å². The molecule has 3 aromatic rings. The Morgan fingerprint density at radius 2 is 1.84 bits per heavy atom. The van der Waals surface area contributed by atoms with Crippen molar-refractivity contribution >= 4 is 34.7 Å². The van der Waals surface area contributed by atoms with E-state index in [9.17, 15) is 13.6 Å². The number of carbonyl (C=O) groups is 1. The van der Waals surface area contributed by atoms with Crippen LogP contribution in [0.4, 0.5) is 14.7 Å². The van der Waals surface area contributed by atoms with Crippen molar-refractivity contribution in [2.45, 2.75) is 23.9 Å². The number of para-hydroxylation sites is 2. The number of aromatic nitrogens is 4. The highest BCUT2D eigenvalue weighted by atomic mass is 32.2. The Hall–Kier alpha value is -2.79. The summed E-state index contributed by atoms with van der Waals surface area (Å²) >= 11 is 0.357. The maximum atomic E-state index is 12.9. The Morgan fingerprint density at radius 1 is 1.09 bits per heavy atom. The van der Waals surface area contributed by atoms with Crippen molar-refractivity contribution in [3.8, 4) is 0 Å². The molecule has 0 aliphatic carbocycles. The van der Waals surface area contributed by atoms with Crippen LogP contribution in [-0.4, -0.2) is 75.4 Å². The zero-order chi connectivity index (χ0) is 22.3. The van der Waals surface area contributed by atoms with Gasteiger partial charge < -0.3 is 14.8 Å². The minimum Gasteiger partial charge on any atom is -0.355 e. The summed E-state index contributed by atoms with van der Waals surface area (Å²) in [6, 6.07) is 8.94. The number of amides is 1. The van der Waals surface area contributed by atoms with E-state index >= 15 is 0 Å². The molecule has 0 bridgehead atoms. The van der Waals surface area contributed by atoms with Crippen LogP contribution in [0.3, 0.4) is 0 Å². The lowest BCUT2D eigenvalue weighted by Gasteiger charge is -2.34. The second-order valence-electron chi connectivity index (χ2n) is 7.43. The number of halogens is 2. The molecule has 1 amide bonds. The number of anilines is 1. The highest BCUT2D eigenvalue weighted by Gasteiger charge is 2.19. The van der Waals surface area contributed by atoms with Gasteiger partial charge >= 0.3 is 0 Å². The summed E-state index contributed by atoms with van der Waals surface area (Å²) in [5.74, 6) is -2.05. The first-order valence-electron chi connectivity index (χ1n) is 10.5. The fourth-order valence-electron chi connectivity index (χ4n) is 3.73. The molecule has 8 nitrogen and oxygen atoms in total. The van der Waals surface area contributed by atoms with Gasteiger partial charge in [-0.1, -0.05) is 12.1 Å². The van der Waals surface area contributed by atoms with Crippen LogP contribution in [0.25, 0.3) is 11.0 Å². The van der Waals surface area contributed by atoms with Crippen LogP contribution < -0.4 is 10.2 Å². The third-order valence-corrected chi connectivity index (χ3v) is 6.00. The summed E-state index contributed by atoms with van der Waals surface area (Å²) in [6.45, 7) is 4.95. The van der Waals surface area contributed by atoms with Gasteiger partial charge in [-0.2, -0.15) is 8.78 Å². The maximum Gasteiger partial charge on any atom is 0.291 e. The number of hydrogen-bond donors (Lipinski definition) is 1. The van der Waals surface area contributed by atoms with Crippen LogP contribution in [-0.2, 0) is 11.3 Å². The molecule has 1 aromatic carbocycles. The van der Waals surface area contributed by atoms with Crippen LogP contribution in [0.1, 0.15) is 6.42 Å². The number of imidazole rings is 1. The van der Waals surface area contributed by atoms with E-state index in [4.69, 9.17) is 0 Å². The van der Waals surface area contributed by atoms with E-state index in [1.807, 2.05) is 6.07 Å². The molecule has 0 atom stereocenters. The lowest BCUT2D eigenvalue weighted by molar-refractivity contribution is -0.121. The molecular formula is C21H25F2N7OS. The number of piperazine rings is 1. The van der Waals surface area contributed by atoms with E-state index < -0.39 is 5.76 Å². The molecule has 1 aliphatic rings. The minimum absolute atomic E-state index is 0.0364.